The number of rotatable bonds is 5. The topological polar surface area (TPSA) is 0 Å². The fraction of sp³-hybridized carbons (Fsp3) is 0.368. The van der Waals surface area contributed by atoms with Crippen LogP contribution in [0.1, 0.15) is 27.8 Å². The number of alkyl halides is 2. The van der Waals surface area contributed by atoms with Gasteiger partial charge in [0.2, 0.25) is 0 Å². The smallest absolute Gasteiger partial charge is 0.0187 e. The van der Waals surface area contributed by atoms with E-state index in [1.54, 1.807) is 0 Å². The van der Waals surface area contributed by atoms with Crippen LogP contribution in [0, 0.1) is 20.8 Å². The Morgan fingerprint density at radius 1 is 0.810 bits per heavy atom. The van der Waals surface area contributed by atoms with Crippen molar-refractivity contribution < 1.29 is 0 Å². The average Bonchev–Trinajstić information content (AvgIpc) is 2.49. The summed E-state index contributed by atoms with van der Waals surface area (Å²) < 4.78 is 0. The van der Waals surface area contributed by atoms with E-state index in [1.165, 1.54) is 27.8 Å². The Kier molecular flexibility index (Phi) is 5.67. The van der Waals surface area contributed by atoms with Gasteiger partial charge in [0.25, 0.3) is 0 Å². The van der Waals surface area contributed by atoms with E-state index < -0.39 is 0 Å². The first-order chi connectivity index (χ1) is 10.0. The Balaban J connectivity index is 2.37. The Morgan fingerprint density at radius 2 is 1.43 bits per heavy atom. The van der Waals surface area contributed by atoms with Crippen LogP contribution in [0.5, 0.6) is 0 Å². The van der Waals surface area contributed by atoms with Gasteiger partial charge >= 0.3 is 0 Å². The van der Waals surface area contributed by atoms with Gasteiger partial charge < -0.3 is 0 Å². The molecule has 0 fully saturated rings. The molecule has 0 atom stereocenters. The van der Waals surface area contributed by atoms with Crippen molar-refractivity contribution in [2.45, 2.75) is 32.6 Å². The van der Waals surface area contributed by atoms with Gasteiger partial charge in [0, 0.05) is 16.1 Å². The van der Waals surface area contributed by atoms with Crippen molar-refractivity contribution in [1.82, 2.24) is 0 Å². The zero-order valence-electron chi connectivity index (χ0n) is 12.9. The summed E-state index contributed by atoms with van der Waals surface area (Å²) in [5, 5.41) is 1.89. The number of hydrogen-bond acceptors (Lipinski definition) is 0. The maximum absolute atomic E-state index is 3.75. The average molecular weight is 410 g/mol. The molecule has 0 unspecified atom stereocenters. The third-order valence-electron chi connectivity index (χ3n) is 4.29. The van der Waals surface area contributed by atoms with Crippen molar-refractivity contribution in [3.8, 4) is 0 Å². The van der Waals surface area contributed by atoms with Crippen molar-refractivity contribution in [3.63, 3.8) is 0 Å². The van der Waals surface area contributed by atoms with Gasteiger partial charge in [-0.05, 0) is 49.4 Å². The standard InChI is InChI=1S/C19H22Br2/c1-14-4-8-18(9-5-14)19(12-20,13-21)11-17-7-6-15(2)16(3)10-17/h4-10H,11-13H2,1-3H3. The molecule has 0 heterocycles. The van der Waals surface area contributed by atoms with Gasteiger partial charge in [0.1, 0.15) is 0 Å². The minimum atomic E-state index is 0.0927. The first-order valence-electron chi connectivity index (χ1n) is 7.26. The summed E-state index contributed by atoms with van der Waals surface area (Å²) in [4.78, 5) is 0. The Hall–Kier alpha value is -0.600. The van der Waals surface area contributed by atoms with Gasteiger partial charge in [-0.3, -0.25) is 0 Å². The Labute approximate surface area is 145 Å². The van der Waals surface area contributed by atoms with Gasteiger partial charge in [0.05, 0.1) is 0 Å². The highest BCUT2D eigenvalue weighted by atomic mass is 79.9. The lowest BCUT2D eigenvalue weighted by Gasteiger charge is -2.31. The molecular weight excluding hydrogens is 388 g/mol. The van der Waals surface area contributed by atoms with Crippen molar-refractivity contribution in [2.75, 3.05) is 10.7 Å². The Bertz CT molecular complexity index is 595. The number of hydrogen-bond donors (Lipinski definition) is 0. The van der Waals surface area contributed by atoms with Crippen molar-refractivity contribution in [2.24, 2.45) is 0 Å². The second kappa shape index (κ2) is 7.11. The van der Waals surface area contributed by atoms with Crippen LogP contribution in [0.2, 0.25) is 0 Å². The third kappa shape index (κ3) is 3.78. The number of aryl methyl sites for hydroxylation is 3. The maximum Gasteiger partial charge on any atom is 0.0187 e. The van der Waals surface area contributed by atoms with E-state index >= 15 is 0 Å². The van der Waals surface area contributed by atoms with E-state index in [4.69, 9.17) is 0 Å². The molecule has 0 aromatic heterocycles. The second-order valence-corrected chi connectivity index (χ2v) is 7.13. The lowest BCUT2D eigenvalue weighted by Crippen LogP contribution is -2.33. The third-order valence-corrected chi connectivity index (χ3v) is 6.44. The fourth-order valence-electron chi connectivity index (χ4n) is 2.60. The highest BCUT2D eigenvalue weighted by molar-refractivity contribution is 9.09. The first kappa shape index (κ1) is 16.8. The molecule has 0 aliphatic carbocycles. The first-order valence-corrected chi connectivity index (χ1v) is 9.50. The van der Waals surface area contributed by atoms with Crippen molar-refractivity contribution in [3.05, 3.63) is 70.3 Å². The van der Waals surface area contributed by atoms with E-state index in [9.17, 15) is 0 Å². The molecule has 2 heteroatoms. The van der Waals surface area contributed by atoms with Crippen LogP contribution in [0.25, 0.3) is 0 Å². The van der Waals surface area contributed by atoms with Crippen molar-refractivity contribution in [1.29, 1.82) is 0 Å². The van der Waals surface area contributed by atoms with Gasteiger partial charge in [-0.15, -0.1) is 0 Å². The lowest BCUT2D eigenvalue weighted by atomic mass is 9.78. The van der Waals surface area contributed by atoms with Gasteiger partial charge in [-0.2, -0.15) is 0 Å². The summed E-state index contributed by atoms with van der Waals surface area (Å²) in [5.41, 5.74) is 6.92. The second-order valence-electron chi connectivity index (χ2n) is 6.01. The summed E-state index contributed by atoms with van der Waals surface area (Å²) >= 11 is 7.50. The zero-order valence-corrected chi connectivity index (χ0v) is 16.1. The highest BCUT2D eigenvalue weighted by Crippen LogP contribution is 2.33. The number of halogens is 2. The normalized spacial score (nSPS) is 11.7. The minimum absolute atomic E-state index is 0.0927. The molecule has 2 aromatic carbocycles. The molecule has 0 nitrogen and oxygen atoms in total. The molecule has 0 spiro atoms. The molecule has 0 bridgehead atoms. The molecule has 21 heavy (non-hydrogen) atoms. The summed E-state index contributed by atoms with van der Waals surface area (Å²) in [6, 6.07) is 15.7. The lowest BCUT2D eigenvalue weighted by molar-refractivity contribution is 0.551. The molecule has 0 N–H and O–H groups in total. The summed E-state index contributed by atoms with van der Waals surface area (Å²) in [5.74, 6) is 0. The fourth-order valence-corrected chi connectivity index (χ4v) is 4.57. The summed E-state index contributed by atoms with van der Waals surface area (Å²) in [6.07, 6.45) is 1.04. The summed E-state index contributed by atoms with van der Waals surface area (Å²) in [7, 11) is 0. The van der Waals surface area contributed by atoms with Crippen LogP contribution < -0.4 is 0 Å². The molecule has 2 aromatic rings. The molecule has 0 saturated heterocycles. The van der Waals surface area contributed by atoms with Crippen LogP contribution >= 0.6 is 31.9 Å². The largest absolute Gasteiger partial charge is 0.0918 e. The molecule has 112 valence electrons. The van der Waals surface area contributed by atoms with Crippen molar-refractivity contribution >= 4 is 31.9 Å². The summed E-state index contributed by atoms with van der Waals surface area (Å²) in [6.45, 7) is 6.49. The van der Waals surface area contributed by atoms with E-state index in [1.807, 2.05) is 0 Å². The van der Waals surface area contributed by atoms with Gasteiger partial charge in [-0.1, -0.05) is 79.9 Å². The maximum atomic E-state index is 3.75. The predicted octanol–water partition coefficient (Wildman–Crippen LogP) is 5.88. The van der Waals surface area contributed by atoms with Crippen LogP contribution in [-0.2, 0) is 11.8 Å². The van der Waals surface area contributed by atoms with Gasteiger partial charge in [0.15, 0.2) is 0 Å². The van der Waals surface area contributed by atoms with E-state index in [2.05, 4.69) is 95.1 Å². The van der Waals surface area contributed by atoms with Crippen LogP contribution in [0.4, 0.5) is 0 Å². The molecule has 0 saturated carbocycles. The van der Waals surface area contributed by atoms with Crippen LogP contribution in [0.3, 0.4) is 0 Å². The molecule has 2 rings (SSSR count). The molecule has 0 amide bonds. The SMILES string of the molecule is Cc1ccc(C(CBr)(CBr)Cc2ccc(C)c(C)c2)cc1. The molecular formula is C19H22Br2. The van der Waals surface area contributed by atoms with E-state index in [0.717, 1.165) is 17.1 Å². The zero-order chi connectivity index (χ0) is 15.5. The quantitative estimate of drug-likeness (QED) is 0.540. The predicted molar refractivity (Wildman–Crippen MR) is 100 cm³/mol. The highest BCUT2D eigenvalue weighted by Gasteiger charge is 2.30. The number of benzene rings is 2. The van der Waals surface area contributed by atoms with E-state index in [0.29, 0.717) is 0 Å². The van der Waals surface area contributed by atoms with E-state index in [-0.39, 0.29) is 5.41 Å². The van der Waals surface area contributed by atoms with Gasteiger partial charge in [-0.25, -0.2) is 0 Å². The molecule has 0 radical (unpaired) electrons. The van der Waals surface area contributed by atoms with Crippen LogP contribution in [0.15, 0.2) is 42.5 Å². The van der Waals surface area contributed by atoms with Crippen LogP contribution in [-0.4, -0.2) is 10.7 Å². The monoisotopic (exact) mass is 408 g/mol. The molecule has 0 aliphatic heterocycles. The minimum Gasteiger partial charge on any atom is -0.0918 e. The Morgan fingerprint density at radius 3 is 1.95 bits per heavy atom. The molecule has 0 aliphatic rings.